The first kappa shape index (κ1) is 23.6. The average molecular weight is 456 g/mol. The van der Waals surface area contributed by atoms with Gasteiger partial charge in [0.2, 0.25) is 0 Å². The van der Waals surface area contributed by atoms with Crippen LogP contribution < -0.4 is 10.5 Å². The maximum Gasteiger partial charge on any atom is 0.167 e. The number of anilines is 1. The van der Waals surface area contributed by atoms with Crippen LogP contribution >= 0.6 is 11.3 Å². The van der Waals surface area contributed by atoms with Gasteiger partial charge < -0.3 is 19.9 Å². The zero-order valence-corrected chi connectivity index (χ0v) is 19.1. The van der Waals surface area contributed by atoms with Gasteiger partial charge in [-0.15, -0.1) is 11.3 Å². The molecule has 0 aliphatic heterocycles. The summed E-state index contributed by atoms with van der Waals surface area (Å²) in [6.07, 6.45) is 3.43. The first-order valence-corrected chi connectivity index (χ1v) is 11.1. The summed E-state index contributed by atoms with van der Waals surface area (Å²) >= 11 is 1.49. The largest absolute Gasteiger partial charge is 0.453 e. The van der Waals surface area contributed by atoms with Crippen LogP contribution in [-0.2, 0) is 16.1 Å². The van der Waals surface area contributed by atoms with E-state index in [9.17, 15) is 4.39 Å². The number of nitrogen functional groups attached to an aromatic ring is 1. The molecule has 0 saturated carbocycles. The van der Waals surface area contributed by atoms with E-state index in [4.69, 9.17) is 19.9 Å². The Morgan fingerprint density at radius 1 is 1.00 bits per heavy atom. The number of nitrogens with zero attached hydrogens (tertiary/aromatic N) is 2. The van der Waals surface area contributed by atoms with Crippen molar-refractivity contribution in [1.29, 1.82) is 0 Å². The third-order valence-electron chi connectivity index (χ3n) is 4.33. The minimum absolute atomic E-state index is 0.114. The fourth-order valence-corrected chi connectivity index (χ4v) is 3.87. The van der Waals surface area contributed by atoms with Gasteiger partial charge in [0.1, 0.15) is 5.75 Å². The predicted molar refractivity (Wildman–Crippen MR) is 127 cm³/mol. The molecule has 3 aromatic heterocycles. The Labute approximate surface area is 190 Å². The van der Waals surface area contributed by atoms with E-state index >= 15 is 0 Å². The third-order valence-corrected chi connectivity index (χ3v) is 5.49. The molecule has 168 valence electrons. The molecule has 0 unspecified atom stereocenters. The second-order valence-electron chi connectivity index (χ2n) is 6.52. The Kier molecular flexibility index (Phi) is 8.49. The molecule has 0 amide bonds. The summed E-state index contributed by atoms with van der Waals surface area (Å²) in [6, 6.07) is 11.9. The van der Waals surface area contributed by atoms with E-state index in [1.807, 2.05) is 32.0 Å². The lowest BCUT2D eigenvalue weighted by molar-refractivity contribution is 0.0615. The van der Waals surface area contributed by atoms with Crippen molar-refractivity contribution in [2.24, 2.45) is 0 Å². The number of ether oxygens (including phenoxy) is 3. The first-order valence-electron chi connectivity index (χ1n) is 10.3. The molecule has 0 aliphatic carbocycles. The molecule has 6 nitrogen and oxygen atoms in total. The van der Waals surface area contributed by atoms with Crippen molar-refractivity contribution in [2.45, 2.75) is 20.5 Å². The Morgan fingerprint density at radius 2 is 1.84 bits per heavy atom. The predicted octanol–water partition coefficient (Wildman–Crippen LogP) is 6.06. The molecule has 0 fully saturated rings. The molecule has 0 bridgehead atoms. The molecule has 0 atom stereocenters. The molecule has 0 aliphatic rings. The Bertz CT molecular complexity index is 1150. The van der Waals surface area contributed by atoms with E-state index < -0.39 is 5.82 Å². The monoisotopic (exact) mass is 455 g/mol. The third kappa shape index (κ3) is 5.79. The fraction of sp³-hybridized carbons (Fsp3) is 0.250. The molecule has 0 spiro atoms. The van der Waals surface area contributed by atoms with Crippen LogP contribution in [0.2, 0.25) is 0 Å². The zero-order chi connectivity index (χ0) is 22.9. The van der Waals surface area contributed by atoms with Crippen LogP contribution in [0.15, 0.2) is 54.9 Å². The summed E-state index contributed by atoms with van der Waals surface area (Å²) in [4.78, 5) is 9.88. The SMILES string of the molecule is CC.COCCOCc1ccc(-c2cc3nccc(Oc4ccc(N)cc4F)c3s2)nc1. The lowest BCUT2D eigenvalue weighted by Crippen LogP contribution is -2.01. The second kappa shape index (κ2) is 11.5. The van der Waals surface area contributed by atoms with Crippen molar-refractivity contribution in [3.8, 4) is 22.1 Å². The Morgan fingerprint density at radius 3 is 2.56 bits per heavy atom. The lowest BCUT2D eigenvalue weighted by Gasteiger charge is -2.07. The maximum atomic E-state index is 14.1. The molecule has 0 radical (unpaired) electrons. The maximum absolute atomic E-state index is 14.1. The number of nitrogens with two attached hydrogens (primary N) is 1. The van der Waals surface area contributed by atoms with Gasteiger partial charge in [-0.1, -0.05) is 19.9 Å². The summed E-state index contributed by atoms with van der Waals surface area (Å²) < 4.78 is 31.2. The smallest absolute Gasteiger partial charge is 0.167 e. The van der Waals surface area contributed by atoms with Crippen LogP contribution in [0.1, 0.15) is 19.4 Å². The summed E-state index contributed by atoms with van der Waals surface area (Å²) in [7, 11) is 1.64. The van der Waals surface area contributed by atoms with Crippen LogP contribution in [-0.4, -0.2) is 30.3 Å². The van der Waals surface area contributed by atoms with Crippen LogP contribution in [0.3, 0.4) is 0 Å². The fourth-order valence-electron chi connectivity index (χ4n) is 2.83. The van der Waals surface area contributed by atoms with Crippen LogP contribution in [0.5, 0.6) is 11.5 Å². The van der Waals surface area contributed by atoms with Gasteiger partial charge in [0.25, 0.3) is 0 Å². The van der Waals surface area contributed by atoms with Crippen molar-refractivity contribution < 1.29 is 18.6 Å². The average Bonchev–Trinajstić information content (AvgIpc) is 3.26. The Hall–Kier alpha value is -3.07. The number of benzene rings is 1. The molecular formula is C24H26FN3O3S. The normalized spacial score (nSPS) is 10.6. The van der Waals surface area contributed by atoms with Gasteiger partial charge in [0.05, 0.1) is 40.6 Å². The molecule has 4 aromatic rings. The summed E-state index contributed by atoms with van der Waals surface area (Å²) in [5.41, 5.74) is 8.52. The van der Waals surface area contributed by atoms with Crippen molar-refractivity contribution in [3.63, 3.8) is 0 Å². The van der Waals surface area contributed by atoms with E-state index in [-0.39, 0.29) is 5.75 Å². The molecule has 1 aromatic carbocycles. The number of halogens is 1. The highest BCUT2D eigenvalue weighted by molar-refractivity contribution is 7.22. The highest BCUT2D eigenvalue weighted by atomic mass is 32.1. The molecule has 8 heteroatoms. The number of fused-ring (bicyclic) bond motifs is 1. The minimum Gasteiger partial charge on any atom is -0.453 e. The van der Waals surface area contributed by atoms with Crippen LogP contribution in [0.25, 0.3) is 20.8 Å². The molecule has 2 N–H and O–H groups in total. The van der Waals surface area contributed by atoms with Gasteiger partial charge in [0, 0.05) is 37.3 Å². The number of hydrogen-bond acceptors (Lipinski definition) is 7. The van der Waals surface area contributed by atoms with E-state index in [0.29, 0.717) is 31.3 Å². The van der Waals surface area contributed by atoms with E-state index in [0.717, 1.165) is 26.4 Å². The minimum atomic E-state index is -0.512. The van der Waals surface area contributed by atoms with Gasteiger partial charge >= 0.3 is 0 Å². The lowest BCUT2D eigenvalue weighted by atomic mass is 10.2. The molecular weight excluding hydrogens is 429 g/mol. The van der Waals surface area contributed by atoms with Gasteiger partial charge in [-0.2, -0.15) is 0 Å². The first-order chi connectivity index (χ1) is 15.6. The summed E-state index contributed by atoms with van der Waals surface area (Å²) in [5.74, 6) is 0.132. The van der Waals surface area contributed by atoms with E-state index in [2.05, 4.69) is 9.97 Å². The number of aromatic nitrogens is 2. The topological polar surface area (TPSA) is 79.5 Å². The zero-order valence-electron chi connectivity index (χ0n) is 18.3. The molecule has 32 heavy (non-hydrogen) atoms. The van der Waals surface area contributed by atoms with Crippen LogP contribution in [0.4, 0.5) is 10.1 Å². The summed E-state index contributed by atoms with van der Waals surface area (Å²) in [6.45, 7) is 5.58. The Balaban J connectivity index is 0.00000141. The number of hydrogen-bond donors (Lipinski definition) is 1. The highest BCUT2D eigenvalue weighted by Crippen LogP contribution is 2.39. The standard InChI is InChI=1S/C22H20FN3O3S.C2H6/c1-27-8-9-28-13-14-2-4-17(26-12-14)21-11-18-22(30-21)20(6-7-25-18)29-19-5-3-15(24)10-16(19)23;1-2/h2-7,10-12H,8-9,13,24H2,1H3;1-2H3. The molecule has 3 heterocycles. The van der Waals surface area contributed by atoms with Crippen molar-refractivity contribution >= 4 is 27.2 Å². The van der Waals surface area contributed by atoms with Crippen molar-refractivity contribution in [2.75, 3.05) is 26.1 Å². The number of methoxy groups -OCH3 is 1. The van der Waals surface area contributed by atoms with Gasteiger partial charge in [0.15, 0.2) is 11.6 Å². The highest BCUT2D eigenvalue weighted by Gasteiger charge is 2.13. The molecule has 4 rings (SSSR count). The quantitative estimate of drug-likeness (QED) is 0.257. The number of rotatable bonds is 8. The van der Waals surface area contributed by atoms with Crippen molar-refractivity contribution in [1.82, 2.24) is 9.97 Å². The molecule has 0 saturated heterocycles. The van der Waals surface area contributed by atoms with Gasteiger partial charge in [-0.3, -0.25) is 9.97 Å². The van der Waals surface area contributed by atoms with Crippen LogP contribution in [0, 0.1) is 5.82 Å². The second-order valence-corrected chi connectivity index (χ2v) is 7.58. The van der Waals surface area contributed by atoms with Gasteiger partial charge in [-0.05, 0) is 29.8 Å². The van der Waals surface area contributed by atoms with E-state index in [1.165, 1.54) is 23.5 Å². The summed E-state index contributed by atoms with van der Waals surface area (Å²) in [5, 5.41) is 0. The van der Waals surface area contributed by atoms with Crippen molar-refractivity contribution in [3.05, 3.63) is 66.2 Å². The number of pyridine rings is 2. The number of thiophene rings is 1. The van der Waals surface area contributed by atoms with E-state index in [1.54, 1.807) is 31.6 Å². The van der Waals surface area contributed by atoms with Gasteiger partial charge in [-0.25, -0.2) is 4.39 Å².